The number of methoxy groups -OCH3 is 1. The van der Waals surface area contributed by atoms with Crippen LogP contribution in [0.15, 0.2) is 54.9 Å². The molecule has 8 nitrogen and oxygen atoms in total. The number of piperidine rings is 1. The largest absolute Gasteiger partial charge is 0.481 e. The molecule has 1 aromatic carbocycles. The molecular formula is C24H27N7O. The van der Waals surface area contributed by atoms with Crippen molar-refractivity contribution in [3.8, 4) is 17.1 Å². The molecule has 0 aliphatic carbocycles. The zero-order valence-electron chi connectivity index (χ0n) is 18.1. The number of nitrogens with one attached hydrogen (secondary N) is 2. The summed E-state index contributed by atoms with van der Waals surface area (Å²) in [6, 6.07) is 14.5. The first-order valence-electron chi connectivity index (χ1n) is 10.9. The Hall–Kier alpha value is -3.65. The van der Waals surface area contributed by atoms with Crippen LogP contribution in [-0.4, -0.2) is 39.9 Å². The maximum absolute atomic E-state index is 6.30. The van der Waals surface area contributed by atoms with E-state index in [1.807, 2.05) is 18.2 Å². The van der Waals surface area contributed by atoms with Gasteiger partial charge in [-0.2, -0.15) is 5.10 Å². The molecule has 0 unspecified atom stereocenters. The van der Waals surface area contributed by atoms with Gasteiger partial charge in [0.25, 0.3) is 0 Å². The third kappa shape index (κ3) is 3.85. The van der Waals surface area contributed by atoms with Crippen molar-refractivity contribution in [2.75, 3.05) is 31.2 Å². The second-order valence-corrected chi connectivity index (χ2v) is 7.97. The average molecular weight is 430 g/mol. The van der Waals surface area contributed by atoms with E-state index in [0.29, 0.717) is 24.3 Å². The van der Waals surface area contributed by atoms with Crippen molar-refractivity contribution in [1.29, 1.82) is 0 Å². The molecule has 4 aromatic rings. The highest BCUT2D eigenvalue weighted by molar-refractivity contribution is 6.00. The Morgan fingerprint density at radius 1 is 1.09 bits per heavy atom. The number of hydrogen-bond acceptors (Lipinski definition) is 7. The van der Waals surface area contributed by atoms with Crippen LogP contribution in [0.5, 0.6) is 5.88 Å². The fourth-order valence-corrected chi connectivity index (χ4v) is 4.33. The van der Waals surface area contributed by atoms with Crippen molar-refractivity contribution in [2.24, 2.45) is 0 Å². The quantitative estimate of drug-likeness (QED) is 0.430. The predicted molar refractivity (Wildman–Crippen MR) is 127 cm³/mol. The third-order valence-corrected chi connectivity index (χ3v) is 5.99. The number of anilines is 2. The van der Waals surface area contributed by atoms with Crippen molar-refractivity contribution in [3.63, 3.8) is 0 Å². The summed E-state index contributed by atoms with van der Waals surface area (Å²) in [5, 5.41) is 12.8. The fraction of sp³-hybridized carbons (Fsp3) is 0.292. The maximum Gasteiger partial charge on any atom is 0.218 e. The average Bonchev–Trinajstić information content (AvgIpc) is 3.25. The van der Waals surface area contributed by atoms with Crippen LogP contribution in [0.1, 0.15) is 24.4 Å². The second kappa shape index (κ2) is 8.84. The number of fused-ring (bicyclic) bond motifs is 1. The van der Waals surface area contributed by atoms with E-state index in [-0.39, 0.29) is 0 Å². The smallest absolute Gasteiger partial charge is 0.218 e. The number of ether oxygens (including phenoxy) is 1. The van der Waals surface area contributed by atoms with Crippen LogP contribution >= 0.6 is 0 Å². The molecule has 1 aliphatic rings. The lowest BCUT2D eigenvalue weighted by Crippen LogP contribution is -2.29. The molecule has 0 amide bonds. The molecule has 0 bridgehead atoms. The van der Waals surface area contributed by atoms with Crippen molar-refractivity contribution in [3.05, 3.63) is 60.4 Å². The monoisotopic (exact) mass is 429 g/mol. The molecule has 8 heteroatoms. The van der Waals surface area contributed by atoms with Gasteiger partial charge >= 0.3 is 0 Å². The summed E-state index contributed by atoms with van der Waals surface area (Å²) in [6.07, 6.45) is 5.60. The number of nitrogens with zero attached hydrogens (tertiary/aromatic N) is 4. The topological polar surface area (TPSA) is 103 Å². The fourth-order valence-electron chi connectivity index (χ4n) is 4.33. The second-order valence-electron chi connectivity index (χ2n) is 7.97. The van der Waals surface area contributed by atoms with Crippen LogP contribution in [0.2, 0.25) is 0 Å². The summed E-state index contributed by atoms with van der Waals surface area (Å²) in [7, 11) is 1.63. The lowest BCUT2D eigenvalue weighted by molar-refractivity contribution is 0.352. The number of nitrogens with two attached hydrogens (primary N) is 1. The van der Waals surface area contributed by atoms with Gasteiger partial charge in [-0.25, -0.2) is 9.97 Å². The molecule has 0 saturated carbocycles. The molecule has 0 spiro atoms. The van der Waals surface area contributed by atoms with Gasteiger partial charge in [0.1, 0.15) is 11.5 Å². The highest BCUT2D eigenvalue weighted by atomic mass is 16.5. The molecule has 3 aromatic heterocycles. The number of rotatable bonds is 6. The van der Waals surface area contributed by atoms with E-state index < -0.39 is 0 Å². The van der Waals surface area contributed by atoms with Gasteiger partial charge in [-0.3, -0.25) is 4.68 Å². The first-order valence-corrected chi connectivity index (χ1v) is 10.9. The summed E-state index contributed by atoms with van der Waals surface area (Å²) in [5.74, 6) is 1.15. The molecule has 164 valence electrons. The molecule has 1 aliphatic heterocycles. The van der Waals surface area contributed by atoms with E-state index in [1.165, 1.54) is 0 Å². The van der Waals surface area contributed by atoms with Gasteiger partial charge in [-0.1, -0.05) is 18.2 Å². The van der Waals surface area contributed by atoms with Gasteiger partial charge in [0.2, 0.25) is 5.88 Å². The molecule has 4 N–H and O–H groups in total. The first-order chi connectivity index (χ1) is 15.7. The van der Waals surface area contributed by atoms with Gasteiger partial charge in [-0.15, -0.1) is 0 Å². The Bertz CT molecular complexity index is 1210. The van der Waals surface area contributed by atoms with Gasteiger partial charge in [0.15, 0.2) is 0 Å². The van der Waals surface area contributed by atoms with Gasteiger partial charge in [0.05, 0.1) is 24.1 Å². The minimum atomic E-state index is 0.365. The molecule has 0 radical (unpaired) electrons. The minimum absolute atomic E-state index is 0.365. The Morgan fingerprint density at radius 2 is 1.91 bits per heavy atom. The Labute approximate surface area is 186 Å². The van der Waals surface area contributed by atoms with E-state index in [4.69, 9.17) is 15.6 Å². The summed E-state index contributed by atoms with van der Waals surface area (Å²) in [5.41, 5.74) is 11.3. The van der Waals surface area contributed by atoms with E-state index in [9.17, 15) is 0 Å². The lowest BCUT2D eigenvalue weighted by atomic mass is 10.1. The number of pyridine rings is 2. The zero-order chi connectivity index (χ0) is 21.9. The first kappa shape index (κ1) is 20.3. The molecule has 5 rings (SSSR count). The van der Waals surface area contributed by atoms with Crippen LogP contribution in [0.4, 0.5) is 11.5 Å². The summed E-state index contributed by atoms with van der Waals surface area (Å²) < 4.78 is 7.47. The SMILES string of the molecule is COc1ncccc1CNc1ccc(-c2nn(C3CCNCC3)c3ccnc(N)c23)cc1. The van der Waals surface area contributed by atoms with Crippen LogP contribution in [0.3, 0.4) is 0 Å². The molecule has 4 heterocycles. The van der Waals surface area contributed by atoms with E-state index >= 15 is 0 Å². The number of aromatic nitrogens is 4. The van der Waals surface area contributed by atoms with E-state index in [1.54, 1.807) is 19.5 Å². The minimum Gasteiger partial charge on any atom is -0.481 e. The Kier molecular flexibility index (Phi) is 5.60. The van der Waals surface area contributed by atoms with Crippen LogP contribution < -0.4 is 21.1 Å². The molecular weight excluding hydrogens is 402 g/mol. The van der Waals surface area contributed by atoms with Gasteiger partial charge in [0, 0.05) is 35.8 Å². The van der Waals surface area contributed by atoms with Crippen LogP contribution in [0, 0.1) is 0 Å². The van der Waals surface area contributed by atoms with Gasteiger partial charge < -0.3 is 21.1 Å². The van der Waals surface area contributed by atoms with E-state index in [0.717, 1.165) is 59.3 Å². The van der Waals surface area contributed by atoms with Crippen LogP contribution in [0.25, 0.3) is 22.2 Å². The zero-order valence-corrected chi connectivity index (χ0v) is 18.1. The normalized spacial score (nSPS) is 14.5. The lowest BCUT2D eigenvalue weighted by Gasteiger charge is -2.23. The van der Waals surface area contributed by atoms with Crippen molar-refractivity contribution < 1.29 is 4.74 Å². The number of nitrogen functional groups attached to an aromatic ring is 1. The standard InChI is InChI=1S/C24H27N7O/c1-32-24-17(3-2-11-28-24)15-29-18-6-4-16(5-7-18)22-21-20(10-14-27-23(21)25)31(30-22)19-8-12-26-13-9-19/h2-7,10-11,14,19,26,29H,8-9,12-13,15H2,1H3,(H2,25,27). The summed E-state index contributed by atoms with van der Waals surface area (Å²) in [4.78, 5) is 8.58. The number of hydrogen-bond donors (Lipinski definition) is 3. The Morgan fingerprint density at radius 3 is 2.69 bits per heavy atom. The molecule has 32 heavy (non-hydrogen) atoms. The molecule has 1 saturated heterocycles. The highest BCUT2D eigenvalue weighted by Gasteiger charge is 2.22. The Balaban J connectivity index is 1.43. The van der Waals surface area contributed by atoms with E-state index in [2.05, 4.69) is 49.5 Å². The third-order valence-electron chi connectivity index (χ3n) is 5.99. The summed E-state index contributed by atoms with van der Waals surface area (Å²) in [6.45, 7) is 2.63. The predicted octanol–water partition coefficient (Wildman–Crippen LogP) is 3.62. The molecule has 1 fully saturated rings. The maximum atomic E-state index is 6.30. The molecule has 0 atom stereocenters. The van der Waals surface area contributed by atoms with Crippen molar-refractivity contribution in [2.45, 2.75) is 25.4 Å². The number of benzene rings is 1. The van der Waals surface area contributed by atoms with Crippen molar-refractivity contribution >= 4 is 22.4 Å². The van der Waals surface area contributed by atoms with Crippen molar-refractivity contribution in [1.82, 2.24) is 25.1 Å². The highest BCUT2D eigenvalue weighted by Crippen LogP contribution is 2.34. The van der Waals surface area contributed by atoms with Crippen LogP contribution in [-0.2, 0) is 6.54 Å². The summed E-state index contributed by atoms with van der Waals surface area (Å²) >= 11 is 0. The van der Waals surface area contributed by atoms with Gasteiger partial charge in [-0.05, 0) is 50.2 Å².